The molecule has 0 saturated heterocycles. The van der Waals surface area contributed by atoms with E-state index in [1.54, 1.807) is 19.2 Å². The summed E-state index contributed by atoms with van der Waals surface area (Å²) in [5, 5.41) is 29.4. The molecule has 1 atom stereocenters. The number of nitrogens with zero attached hydrogens (tertiary/aromatic N) is 1. The van der Waals surface area contributed by atoms with Crippen LogP contribution in [-0.4, -0.2) is 32.5 Å². The number of aliphatic hydroxyl groups is 2. The molecule has 0 saturated carbocycles. The highest BCUT2D eigenvalue weighted by Crippen LogP contribution is 2.32. The van der Waals surface area contributed by atoms with Crippen LogP contribution in [0.3, 0.4) is 0 Å². The lowest BCUT2D eigenvalue weighted by Crippen LogP contribution is -2.05. The van der Waals surface area contributed by atoms with E-state index in [-0.39, 0.29) is 18.1 Å². The molecule has 1 aromatic heterocycles. The molecule has 0 aliphatic carbocycles. The quantitative estimate of drug-likeness (QED) is 0.766. The number of fused-ring (bicyclic) bond motifs is 1. The third kappa shape index (κ3) is 3.00. The maximum Gasteiger partial charge on any atom is 0.337 e. The van der Waals surface area contributed by atoms with E-state index in [0.29, 0.717) is 18.5 Å². The van der Waals surface area contributed by atoms with E-state index in [2.05, 4.69) is 0 Å². The van der Waals surface area contributed by atoms with Crippen molar-refractivity contribution in [3.63, 3.8) is 0 Å². The highest BCUT2D eigenvalue weighted by Gasteiger charge is 2.20. The van der Waals surface area contributed by atoms with Gasteiger partial charge in [-0.3, -0.25) is 0 Å². The second-order valence-corrected chi connectivity index (χ2v) is 5.96. The van der Waals surface area contributed by atoms with E-state index in [1.807, 2.05) is 24.5 Å². The molecule has 1 heterocycles. The van der Waals surface area contributed by atoms with Gasteiger partial charge in [0.05, 0.1) is 17.2 Å². The summed E-state index contributed by atoms with van der Waals surface area (Å²) in [6.07, 6.45) is 1.65. The number of carboxylic acids is 1. The van der Waals surface area contributed by atoms with E-state index >= 15 is 0 Å². The fraction of sp³-hybridized carbons (Fsp3) is 0.471. The lowest BCUT2D eigenvalue weighted by molar-refractivity contribution is 0.0698. The van der Waals surface area contributed by atoms with E-state index in [0.717, 1.165) is 16.5 Å². The standard InChI is InChI=1S/C17H23NO4/c1-10(2)12-7-13-15(11(3)20)9-18(5-4-6-19)16(13)14(8-12)17(21)22/h7-11,19-20H,4-6H2,1-3H3,(H,21,22). The van der Waals surface area contributed by atoms with Crippen molar-refractivity contribution < 1.29 is 20.1 Å². The number of rotatable bonds is 6. The topological polar surface area (TPSA) is 82.7 Å². The van der Waals surface area contributed by atoms with Gasteiger partial charge in [0, 0.05) is 30.3 Å². The molecule has 1 aromatic carbocycles. The van der Waals surface area contributed by atoms with Crippen molar-refractivity contribution in [3.05, 3.63) is 35.0 Å². The zero-order valence-corrected chi connectivity index (χ0v) is 13.2. The molecule has 0 amide bonds. The molecular formula is C17H23NO4. The summed E-state index contributed by atoms with van der Waals surface area (Å²) >= 11 is 0. The summed E-state index contributed by atoms with van der Waals surface area (Å²) in [6.45, 7) is 6.25. The molecule has 120 valence electrons. The highest BCUT2D eigenvalue weighted by molar-refractivity contribution is 6.04. The second kappa shape index (κ2) is 6.50. The molecule has 0 radical (unpaired) electrons. The Hall–Kier alpha value is -1.85. The first-order valence-electron chi connectivity index (χ1n) is 7.55. The largest absolute Gasteiger partial charge is 0.478 e. The monoisotopic (exact) mass is 305 g/mol. The molecule has 0 aliphatic rings. The number of hydrogen-bond acceptors (Lipinski definition) is 3. The summed E-state index contributed by atoms with van der Waals surface area (Å²) in [4.78, 5) is 11.7. The molecule has 1 unspecified atom stereocenters. The van der Waals surface area contributed by atoms with Crippen LogP contribution in [0.2, 0.25) is 0 Å². The molecular weight excluding hydrogens is 282 g/mol. The first-order valence-corrected chi connectivity index (χ1v) is 7.55. The van der Waals surface area contributed by atoms with Gasteiger partial charge < -0.3 is 19.9 Å². The van der Waals surface area contributed by atoms with E-state index in [1.165, 1.54) is 0 Å². The van der Waals surface area contributed by atoms with E-state index < -0.39 is 12.1 Å². The van der Waals surface area contributed by atoms with E-state index in [4.69, 9.17) is 5.11 Å². The van der Waals surface area contributed by atoms with Gasteiger partial charge in [0.25, 0.3) is 0 Å². The molecule has 2 rings (SSSR count). The van der Waals surface area contributed by atoms with Crippen LogP contribution in [0.25, 0.3) is 10.9 Å². The van der Waals surface area contributed by atoms with Gasteiger partial charge in [-0.1, -0.05) is 13.8 Å². The molecule has 22 heavy (non-hydrogen) atoms. The summed E-state index contributed by atoms with van der Waals surface area (Å²) in [6, 6.07) is 3.67. The van der Waals surface area contributed by atoms with E-state index in [9.17, 15) is 15.0 Å². The van der Waals surface area contributed by atoms with Crippen molar-refractivity contribution in [2.75, 3.05) is 6.61 Å². The van der Waals surface area contributed by atoms with Gasteiger partial charge in [-0.15, -0.1) is 0 Å². The Bertz CT molecular complexity index is 686. The van der Waals surface area contributed by atoms with Gasteiger partial charge in [-0.05, 0) is 37.0 Å². The molecule has 0 aliphatic heterocycles. The number of aliphatic hydroxyl groups excluding tert-OH is 2. The Morgan fingerprint density at radius 3 is 2.45 bits per heavy atom. The number of benzene rings is 1. The molecule has 0 spiro atoms. The van der Waals surface area contributed by atoms with Crippen molar-refractivity contribution in [2.45, 2.75) is 45.8 Å². The smallest absolute Gasteiger partial charge is 0.337 e. The maximum atomic E-state index is 11.7. The average Bonchev–Trinajstić information content (AvgIpc) is 2.82. The first kappa shape index (κ1) is 16.5. The van der Waals surface area contributed by atoms with Gasteiger partial charge in [0.1, 0.15) is 0 Å². The van der Waals surface area contributed by atoms with Gasteiger partial charge in [0.2, 0.25) is 0 Å². The number of aromatic carboxylic acids is 1. The van der Waals surface area contributed by atoms with Crippen LogP contribution in [0.15, 0.2) is 18.3 Å². The predicted octanol–water partition coefficient (Wildman–Crippen LogP) is 2.90. The van der Waals surface area contributed by atoms with Crippen LogP contribution in [0.1, 0.15) is 60.7 Å². The zero-order chi connectivity index (χ0) is 16.4. The minimum atomic E-state index is -0.979. The van der Waals surface area contributed by atoms with Gasteiger partial charge in [0.15, 0.2) is 0 Å². The second-order valence-electron chi connectivity index (χ2n) is 5.96. The molecule has 5 nitrogen and oxygen atoms in total. The molecule has 5 heteroatoms. The van der Waals surface area contributed by atoms with Crippen molar-refractivity contribution in [1.82, 2.24) is 4.57 Å². The third-order valence-electron chi connectivity index (χ3n) is 3.93. The minimum absolute atomic E-state index is 0.0379. The number of carbonyl (C=O) groups is 1. The summed E-state index contributed by atoms with van der Waals surface area (Å²) in [5.74, 6) is -0.780. The highest BCUT2D eigenvalue weighted by atomic mass is 16.4. The van der Waals surface area contributed by atoms with Crippen LogP contribution >= 0.6 is 0 Å². The fourth-order valence-electron chi connectivity index (χ4n) is 2.73. The zero-order valence-electron chi connectivity index (χ0n) is 13.2. The number of hydrogen-bond donors (Lipinski definition) is 3. The molecule has 3 N–H and O–H groups in total. The maximum absolute atomic E-state index is 11.7. The Kier molecular flexibility index (Phi) is 4.88. The van der Waals surface area contributed by atoms with Crippen molar-refractivity contribution >= 4 is 16.9 Å². The van der Waals surface area contributed by atoms with Crippen LogP contribution in [-0.2, 0) is 6.54 Å². The number of aryl methyl sites for hydroxylation is 1. The third-order valence-corrected chi connectivity index (χ3v) is 3.93. The average molecular weight is 305 g/mol. The first-order chi connectivity index (χ1) is 10.4. The summed E-state index contributed by atoms with van der Waals surface area (Å²) < 4.78 is 1.82. The Morgan fingerprint density at radius 2 is 1.95 bits per heavy atom. The van der Waals surface area contributed by atoms with Crippen molar-refractivity contribution in [1.29, 1.82) is 0 Å². The lowest BCUT2D eigenvalue weighted by Gasteiger charge is -2.11. The minimum Gasteiger partial charge on any atom is -0.478 e. The SMILES string of the molecule is CC(C)c1cc(C(=O)O)c2c(c1)c(C(C)O)cn2CCCO. The van der Waals surface area contributed by atoms with Crippen LogP contribution < -0.4 is 0 Å². The fourth-order valence-corrected chi connectivity index (χ4v) is 2.73. The van der Waals surface area contributed by atoms with Crippen LogP contribution in [0.5, 0.6) is 0 Å². The lowest BCUT2D eigenvalue weighted by atomic mass is 9.96. The van der Waals surface area contributed by atoms with Gasteiger partial charge in [-0.25, -0.2) is 4.79 Å². The van der Waals surface area contributed by atoms with Crippen LogP contribution in [0, 0.1) is 0 Å². The molecule has 0 bridgehead atoms. The van der Waals surface area contributed by atoms with Crippen LogP contribution in [0.4, 0.5) is 0 Å². The Balaban J connectivity index is 2.79. The summed E-state index contributed by atoms with van der Waals surface area (Å²) in [7, 11) is 0. The van der Waals surface area contributed by atoms with Crippen molar-refractivity contribution in [3.8, 4) is 0 Å². The normalized spacial score (nSPS) is 13.0. The number of carboxylic acid groups (broad SMARTS) is 1. The van der Waals surface area contributed by atoms with Crippen molar-refractivity contribution in [2.24, 2.45) is 0 Å². The molecule has 2 aromatic rings. The Morgan fingerprint density at radius 1 is 1.27 bits per heavy atom. The Labute approximate surface area is 129 Å². The molecule has 0 fully saturated rings. The number of aromatic nitrogens is 1. The van der Waals surface area contributed by atoms with Gasteiger partial charge in [-0.2, -0.15) is 0 Å². The summed E-state index contributed by atoms with van der Waals surface area (Å²) in [5.41, 5.74) is 2.51. The predicted molar refractivity (Wildman–Crippen MR) is 85.3 cm³/mol. The van der Waals surface area contributed by atoms with Gasteiger partial charge >= 0.3 is 5.97 Å².